The Kier molecular flexibility index (Phi) is 10.8. The van der Waals surface area contributed by atoms with Crippen LogP contribution in [0.2, 0.25) is 5.02 Å². The van der Waals surface area contributed by atoms with Gasteiger partial charge in [0.2, 0.25) is 5.91 Å². The topological polar surface area (TPSA) is 168 Å². The van der Waals surface area contributed by atoms with Gasteiger partial charge in [-0.3, -0.25) is 25.6 Å². The third-order valence-electron chi connectivity index (χ3n) is 7.21. The molecule has 4 rings (SSSR count). The Morgan fingerprint density at radius 2 is 1.60 bits per heavy atom. The van der Waals surface area contributed by atoms with E-state index in [1.807, 2.05) is 0 Å². The minimum absolute atomic E-state index is 0.00339. The lowest BCUT2D eigenvalue weighted by Gasteiger charge is -2.40. The van der Waals surface area contributed by atoms with Gasteiger partial charge in [0.15, 0.2) is 6.04 Å². The molecule has 3 aliphatic heterocycles. The Morgan fingerprint density at radius 1 is 0.976 bits per heavy atom. The van der Waals surface area contributed by atoms with Crippen molar-refractivity contribution < 1.29 is 46.4 Å². The summed E-state index contributed by atoms with van der Waals surface area (Å²) in [6.07, 6.45) is -2.27. The monoisotopic (exact) mass is 621 g/mol. The first kappa shape index (κ1) is 32.7. The van der Waals surface area contributed by atoms with Crippen LogP contribution in [0.25, 0.3) is 0 Å². The first-order chi connectivity index (χ1) is 19.7. The molecule has 0 radical (unpaired) electrons. The molecule has 0 aliphatic carbocycles. The zero-order valence-corrected chi connectivity index (χ0v) is 23.3. The first-order valence-corrected chi connectivity index (χ1v) is 13.6. The van der Waals surface area contributed by atoms with Crippen LogP contribution in [-0.2, 0) is 14.4 Å². The molecule has 3 fully saturated rings. The number of hydrogen-bond donors (Lipinski definition) is 3. The van der Waals surface area contributed by atoms with Gasteiger partial charge >= 0.3 is 18.2 Å². The van der Waals surface area contributed by atoms with Crippen molar-refractivity contribution in [3.05, 3.63) is 29.0 Å². The van der Waals surface area contributed by atoms with E-state index in [2.05, 4.69) is 5.32 Å². The summed E-state index contributed by atoms with van der Waals surface area (Å²) in [6, 6.07) is 3.64. The van der Waals surface area contributed by atoms with Crippen molar-refractivity contribution in [2.45, 2.75) is 37.9 Å². The number of piperazine rings is 1. The molecule has 0 saturated carbocycles. The number of guanidine groups is 1. The Labute approximate surface area is 243 Å². The number of likely N-dealkylation sites (tertiary alicyclic amines) is 1. The normalized spacial score (nSPS) is 20.9. The number of aliphatic carboxylic acids is 1. The van der Waals surface area contributed by atoms with E-state index in [0.29, 0.717) is 64.3 Å². The van der Waals surface area contributed by atoms with Crippen molar-refractivity contribution >= 4 is 47.1 Å². The summed E-state index contributed by atoms with van der Waals surface area (Å²) in [5.41, 5.74) is 11.8. The number of benzene rings is 1. The number of halogens is 5. The fourth-order valence-electron chi connectivity index (χ4n) is 5.04. The van der Waals surface area contributed by atoms with Crippen LogP contribution in [-0.4, -0.2) is 107 Å². The van der Waals surface area contributed by atoms with E-state index in [1.54, 1.807) is 25.3 Å². The van der Waals surface area contributed by atoms with E-state index in [9.17, 15) is 31.9 Å². The van der Waals surface area contributed by atoms with Gasteiger partial charge in [0.1, 0.15) is 11.8 Å². The van der Waals surface area contributed by atoms with Crippen molar-refractivity contribution in [3.63, 3.8) is 0 Å². The zero-order chi connectivity index (χ0) is 31.2. The maximum absolute atomic E-state index is 13.7. The van der Waals surface area contributed by atoms with Gasteiger partial charge < -0.3 is 29.9 Å². The maximum atomic E-state index is 13.7. The Balaban J connectivity index is 0.000000616. The van der Waals surface area contributed by atoms with Gasteiger partial charge in [0.25, 0.3) is 5.91 Å². The van der Waals surface area contributed by atoms with Gasteiger partial charge in [-0.05, 0) is 43.9 Å². The molecule has 0 aromatic heterocycles. The summed E-state index contributed by atoms with van der Waals surface area (Å²) in [7, 11) is 0. The molecule has 3 heterocycles. The number of alkyl halides is 3. The zero-order valence-electron chi connectivity index (χ0n) is 22.5. The number of nitrogens with one attached hydrogen (secondary N) is 1. The van der Waals surface area contributed by atoms with Crippen LogP contribution in [0.4, 0.5) is 28.0 Å². The maximum Gasteiger partial charge on any atom is 0.430 e. The molecular weight excluding hydrogens is 590 g/mol. The van der Waals surface area contributed by atoms with Crippen LogP contribution in [0.5, 0.6) is 0 Å². The number of piperidine rings is 1. The van der Waals surface area contributed by atoms with Gasteiger partial charge in [-0.2, -0.15) is 13.2 Å². The number of urea groups is 1. The number of carboxylic acids is 1. The molecule has 3 aliphatic rings. The average Bonchev–Trinajstić information content (AvgIpc) is 3.45. The van der Waals surface area contributed by atoms with Crippen molar-refractivity contribution in [1.29, 1.82) is 0 Å². The molecule has 12 nitrogen and oxygen atoms in total. The fraction of sp³-hybridized carbons (Fsp3) is 0.560. The molecule has 4 amide bonds. The van der Waals surface area contributed by atoms with E-state index >= 15 is 0 Å². The number of carboxylic acid groups (broad SMARTS) is 1. The van der Waals surface area contributed by atoms with Crippen LogP contribution in [0.1, 0.15) is 25.7 Å². The first-order valence-electron chi connectivity index (χ1n) is 13.2. The highest BCUT2D eigenvalue weighted by atomic mass is 35.5. The van der Waals surface area contributed by atoms with Crippen molar-refractivity contribution in [3.8, 4) is 0 Å². The fourth-order valence-corrected chi connectivity index (χ4v) is 5.16. The van der Waals surface area contributed by atoms with Crippen LogP contribution in [0, 0.1) is 11.7 Å². The molecule has 3 saturated heterocycles. The molecule has 2 atom stereocenters. The predicted octanol–water partition coefficient (Wildman–Crippen LogP) is 0.141. The minimum atomic E-state index is -5.19. The Morgan fingerprint density at radius 3 is 2.17 bits per heavy atom. The summed E-state index contributed by atoms with van der Waals surface area (Å²) in [5.74, 6) is -4.09. The third kappa shape index (κ3) is 8.36. The van der Waals surface area contributed by atoms with Gasteiger partial charge in [-0.15, -0.1) is 0 Å². The van der Waals surface area contributed by atoms with E-state index < -0.39 is 18.0 Å². The highest BCUT2D eigenvalue weighted by molar-refractivity contribution is 6.30. The minimum Gasteiger partial charge on any atom is -0.542 e. The molecule has 1 aromatic rings. The number of carbonyl (C=O) groups excluding carboxylic acids is 4. The molecule has 17 heteroatoms. The molecular formula is C25H32ClF4N7O5. The summed E-state index contributed by atoms with van der Waals surface area (Å²) in [6.45, 7) is 3.28. The van der Waals surface area contributed by atoms with Gasteiger partial charge in [0.05, 0.1) is 17.5 Å². The molecule has 42 heavy (non-hydrogen) atoms. The van der Waals surface area contributed by atoms with Crippen molar-refractivity contribution in [2.24, 2.45) is 17.4 Å². The average molecular weight is 622 g/mol. The SMILES string of the molecule is NC(N)=[N+]1CCC[C@@H]1C(=O)N1CCN(C(=O)N2CCC[C@H](C(=O)Nc3ccc(Cl)c(F)c3)C2)CC1.O=C([O-])C(F)(F)F. The highest BCUT2D eigenvalue weighted by Crippen LogP contribution is 2.23. The number of rotatable bonds is 3. The summed E-state index contributed by atoms with van der Waals surface area (Å²) >= 11 is 5.70. The number of nitrogens with zero attached hydrogens (tertiary/aromatic N) is 4. The van der Waals surface area contributed by atoms with Crippen LogP contribution >= 0.6 is 11.6 Å². The summed E-state index contributed by atoms with van der Waals surface area (Å²) in [4.78, 5) is 52.8. The molecule has 0 unspecified atom stereocenters. The Bertz CT molecular complexity index is 1220. The molecule has 232 valence electrons. The largest absolute Gasteiger partial charge is 0.542 e. The summed E-state index contributed by atoms with van der Waals surface area (Å²) in [5, 5.41) is 11.5. The van der Waals surface area contributed by atoms with Gasteiger partial charge in [0, 0.05) is 45.0 Å². The standard InChI is InChI=1S/C23H31ClFN7O3.C2HF3O2/c24-17-6-5-16(13-18(17)25)28-20(33)15-3-1-7-31(14-15)23(35)30-11-9-29(10-12-30)21(34)19-4-2-8-32(19)22(26)27;3-2(4,5)1(6)7/h5-6,13,15,19H,1-4,7-12,14H2,(H4,26,27,28,33);(H,6,7)/t15-,19+;/m0./s1. The second-order valence-corrected chi connectivity index (χ2v) is 10.5. The van der Waals surface area contributed by atoms with Crippen LogP contribution < -0.4 is 21.9 Å². The lowest BCUT2D eigenvalue weighted by molar-refractivity contribution is -0.533. The van der Waals surface area contributed by atoms with Gasteiger partial charge in [-0.1, -0.05) is 11.6 Å². The third-order valence-corrected chi connectivity index (χ3v) is 7.52. The molecule has 1 aromatic carbocycles. The quantitative estimate of drug-likeness (QED) is 0.245. The predicted molar refractivity (Wildman–Crippen MR) is 140 cm³/mol. The second kappa shape index (κ2) is 13.9. The lowest BCUT2D eigenvalue weighted by Crippen LogP contribution is -2.58. The number of nitrogens with two attached hydrogens (primary N) is 2. The van der Waals surface area contributed by atoms with Crippen LogP contribution in [0.3, 0.4) is 0 Å². The van der Waals surface area contributed by atoms with Crippen LogP contribution in [0.15, 0.2) is 18.2 Å². The number of amides is 4. The lowest BCUT2D eigenvalue weighted by atomic mass is 9.97. The number of anilines is 1. The second-order valence-electron chi connectivity index (χ2n) is 10.1. The number of hydrogen-bond acceptors (Lipinski definition) is 5. The number of carbonyl (C=O) groups is 4. The Hall–Kier alpha value is -3.82. The van der Waals surface area contributed by atoms with E-state index in [4.69, 9.17) is 33.0 Å². The highest BCUT2D eigenvalue weighted by Gasteiger charge is 2.37. The smallest absolute Gasteiger partial charge is 0.430 e. The molecule has 5 N–H and O–H groups in total. The van der Waals surface area contributed by atoms with Crippen molar-refractivity contribution in [1.82, 2.24) is 14.7 Å². The van der Waals surface area contributed by atoms with E-state index in [0.717, 1.165) is 12.8 Å². The van der Waals surface area contributed by atoms with Gasteiger partial charge in [-0.25, -0.2) is 9.18 Å². The van der Waals surface area contributed by atoms with Crippen molar-refractivity contribution in [2.75, 3.05) is 51.1 Å². The van der Waals surface area contributed by atoms with E-state index in [1.165, 1.54) is 12.1 Å². The molecule has 0 bridgehead atoms. The molecule has 0 spiro atoms. The van der Waals surface area contributed by atoms with E-state index in [-0.39, 0.29) is 40.8 Å². The summed E-state index contributed by atoms with van der Waals surface area (Å²) < 4.78 is 47.0.